The Morgan fingerprint density at radius 2 is 1.00 bits per heavy atom. The van der Waals surface area contributed by atoms with E-state index in [9.17, 15) is 4.79 Å². The molecule has 2 aliphatic heterocycles. The Kier molecular flexibility index (Phi) is 9.31. The summed E-state index contributed by atoms with van der Waals surface area (Å²) in [7, 11) is 0. The molecule has 0 bridgehead atoms. The van der Waals surface area contributed by atoms with E-state index in [1.165, 1.54) is 0 Å². The van der Waals surface area contributed by atoms with E-state index < -0.39 is 0 Å². The van der Waals surface area contributed by atoms with Crippen LogP contribution in [0.2, 0.25) is 0 Å². The van der Waals surface area contributed by atoms with Gasteiger partial charge in [0.25, 0.3) is 0 Å². The van der Waals surface area contributed by atoms with Gasteiger partial charge in [-0.25, -0.2) is 4.79 Å². The molecule has 0 spiro atoms. The maximum absolute atomic E-state index is 13.2. The second kappa shape index (κ2) is 13.8. The predicted molar refractivity (Wildman–Crippen MR) is 166 cm³/mol. The molecule has 4 aromatic carbocycles. The summed E-state index contributed by atoms with van der Waals surface area (Å²) in [5, 5.41) is 9.85. The van der Waals surface area contributed by atoms with Gasteiger partial charge in [-0.3, -0.25) is 9.80 Å². The highest BCUT2D eigenvalue weighted by molar-refractivity contribution is 6.11. The van der Waals surface area contributed by atoms with E-state index in [0.717, 1.165) is 110 Å². The van der Waals surface area contributed by atoms with Crippen LogP contribution in [0.1, 0.15) is 0 Å². The van der Waals surface area contributed by atoms with Crippen LogP contribution >= 0.6 is 0 Å². The summed E-state index contributed by atoms with van der Waals surface area (Å²) in [6.45, 7) is 9.71. The fourth-order valence-electron chi connectivity index (χ4n) is 5.51. The molecule has 0 aromatic heterocycles. The minimum absolute atomic E-state index is 0.313. The highest BCUT2D eigenvalue weighted by Gasteiger charge is 2.15. The Balaban J connectivity index is 1.11. The van der Waals surface area contributed by atoms with E-state index in [2.05, 4.69) is 20.4 Å². The molecule has 2 heterocycles. The molecule has 0 atom stereocenters. The van der Waals surface area contributed by atoms with Gasteiger partial charge in [-0.15, -0.1) is 0 Å². The minimum atomic E-state index is -0.313. The SMILES string of the molecule is O=[14C](Nc1ccc(OCCN2CCOCC2)c2ccccc12)Nc1ccc(OCCN2CCOCC2)c2ccccc12. The van der Waals surface area contributed by atoms with Gasteiger partial charge in [0.1, 0.15) is 24.7 Å². The molecule has 2 aliphatic rings. The molecule has 2 fully saturated rings. The van der Waals surface area contributed by atoms with Crippen LogP contribution in [0, 0.1) is 0 Å². The molecule has 9 nitrogen and oxygen atoms in total. The van der Waals surface area contributed by atoms with Crippen LogP contribution < -0.4 is 20.1 Å². The Bertz CT molecular complexity index is 1390. The number of benzene rings is 4. The van der Waals surface area contributed by atoms with Gasteiger partial charge in [0.2, 0.25) is 0 Å². The van der Waals surface area contributed by atoms with Crippen LogP contribution in [0.3, 0.4) is 0 Å². The largest absolute Gasteiger partial charge is 0.492 e. The van der Waals surface area contributed by atoms with E-state index in [0.29, 0.717) is 13.2 Å². The van der Waals surface area contributed by atoms with Gasteiger partial charge in [-0.05, 0) is 24.3 Å². The second-order valence-electron chi connectivity index (χ2n) is 10.5. The zero-order chi connectivity index (χ0) is 28.6. The molecule has 0 aliphatic carbocycles. The van der Waals surface area contributed by atoms with Crippen molar-refractivity contribution in [3.63, 3.8) is 0 Å². The standard InChI is InChI=1S/C33H38N4O5/c38-33(34-29-9-11-31(27-7-3-1-5-25(27)29)41-23-17-36-13-19-39-20-14-36)35-30-10-12-32(28-8-4-2-6-26(28)30)42-24-18-37-15-21-40-22-16-37/h1-12H,13-24H2,(H2,34,35,38)/i33+2. The van der Waals surface area contributed by atoms with Crippen molar-refractivity contribution in [3.05, 3.63) is 72.8 Å². The molecule has 0 saturated carbocycles. The van der Waals surface area contributed by atoms with E-state index in [1.807, 2.05) is 72.8 Å². The number of ether oxygens (including phenoxy) is 4. The molecular formula is C33H38N4O5. The molecule has 4 aromatic rings. The van der Waals surface area contributed by atoms with Crippen molar-refractivity contribution in [1.82, 2.24) is 9.80 Å². The van der Waals surface area contributed by atoms with Gasteiger partial charge in [0.15, 0.2) is 0 Å². The number of carbonyl (C=O) groups is 1. The first-order chi connectivity index (χ1) is 20.7. The van der Waals surface area contributed by atoms with Gasteiger partial charge in [-0.2, -0.15) is 0 Å². The third-order valence-electron chi connectivity index (χ3n) is 7.80. The van der Waals surface area contributed by atoms with Crippen LogP contribution in [-0.2, 0) is 9.47 Å². The van der Waals surface area contributed by atoms with Gasteiger partial charge in [0, 0.05) is 60.8 Å². The van der Waals surface area contributed by atoms with Crippen LogP contribution in [0.25, 0.3) is 21.5 Å². The van der Waals surface area contributed by atoms with Crippen molar-refractivity contribution < 1.29 is 23.7 Å². The van der Waals surface area contributed by atoms with Crippen molar-refractivity contribution >= 4 is 39.0 Å². The van der Waals surface area contributed by atoms with Crippen LogP contribution in [0.15, 0.2) is 72.8 Å². The number of hydrogen-bond acceptors (Lipinski definition) is 7. The summed E-state index contributed by atoms with van der Waals surface area (Å²) in [6.07, 6.45) is 0. The number of amides is 2. The monoisotopic (exact) mass is 572 g/mol. The lowest BCUT2D eigenvalue weighted by atomic mass is 10.1. The maximum atomic E-state index is 13.2. The molecule has 6 rings (SSSR count). The summed E-state index contributed by atoms with van der Waals surface area (Å²) in [5.41, 5.74) is 1.44. The fourth-order valence-corrected chi connectivity index (χ4v) is 5.51. The number of fused-ring (bicyclic) bond motifs is 2. The van der Waals surface area contributed by atoms with Crippen LogP contribution in [0.5, 0.6) is 11.5 Å². The van der Waals surface area contributed by atoms with E-state index in [-0.39, 0.29) is 6.03 Å². The van der Waals surface area contributed by atoms with Gasteiger partial charge in [-0.1, -0.05) is 48.5 Å². The molecule has 9 heteroatoms. The average molecular weight is 573 g/mol. The van der Waals surface area contributed by atoms with Crippen molar-refractivity contribution in [1.29, 1.82) is 0 Å². The fraction of sp³-hybridized carbons (Fsp3) is 0.364. The first-order valence-corrected chi connectivity index (χ1v) is 14.7. The molecule has 0 unspecified atom stereocenters. The third kappa shape index (κ3) is 6.94. The lowest BCUT2D eigenvalue weighted by molar-refractivity contribution is 0.0322. The van der Waals surface area contributed by atoms with E-state index in [1.54, 1.807) is 0 Å². The number of hydrogen-bond donors (Lipinski definition) is 2. The quantitative estimate of drug-likeness (QED) is 0.275. The molecular weight excluding hydrogens is 534 g/mol. The smallest absolute Gasteiger partial charge is 0.323 e. The normalized spacial score (nSPS) is 16.4. The summed E-state index contributed by atoms with van der Waals surface area (Å²) in [4.78, 5) is 17.9. The van der Waals surface area contributed by atoms with Crippen molar-refractivity contribution in [3.8, 4) is 11.5 Å². The second-order valence-corrected chi connectivity index (χ2v) is 10.5. The number of nitrogens with zero attached hydrogens (tertiary/aromatic N) is 2. The van der Waals surface area contributed by atoms with Crippen LogP contribution in [0.4, 0.5) is 16.2 Å². The van der Waals surface area contributed by atoms with Gasteiger partial charge in [0.05, 0.1) is 37.8 Å². The Morgan fingerprint density at radius 3 is 1.43 bits per heavy atom. The van der Waals surface area contributed by atoms with E-state index >= 15 is 0 Å². The number of carbonyl (C=O) groups excluding carboxylic acids is 1. The zero-order valence-corrected chi connectivity index (χ0v) is 23.8. The third-order valence-corrected chi connectivity index (χ3v) is 7.80. The lowest BCUT2D eigenvalue weighted by Gasteiger charge is -2.26. The minimum Gasteiger partial charge on any atom is -0.492 e. The summed E-state index contributed by atoms with van der Waals surface area (Å²) in [6, 6.07) is 23.3. The number of morpholine rings is 2. The number of urea groups is 1. The number of rotatable bonds is 10. The van der Waals surface area contributed by atoms with Crippen molar-refractivity contribution in [2.45, 2.75) is 0 Å². The van der Waals surface area contributed by atoms with Crippen LogP contribution in [-0.4, -0.2) is 94.7 Å². The summed E-state index contributed by atoms with van der Waals surface area (Å²) in [5.74, 6) is 1.61. The first kappa shape index (κ1) is 28.2. The lowest BCUT2D eigenvalue weighted by Crippen LogP contribution is -2.38. The highest BCUT2D eigenvalue weighted by Crippen LogP contribution is 2.34. The molecule has 2 N–H and O–H groups in total. The van der Waals surface area contributed by atoms with Gasteiger partial charge < -0.3 is 29.6 Å². The highest BCUT2D eigenvalue weighted by atomic mass is 16.5. The Labute approximate surface area is 246 Å². The average Bonchev–Trinajstić information content (AvgIpc) is 3.04. The molecule has 42 heavy (non-hydrogen) atoms. The Morgan fingerprint density at radius 1 is 0.595 bits per heavy atom. The topological polar surface area (TPSA) is 84.5 Å². The molecule has 0 radical (unpaired) electrons. The molecule has 220 valence electrons. The number of nitrogens with one attached hydrogen (secondary N) is 2. The Hall–Kier alpha value is -3.89. The maximum Gasteiger partial charge on any atom is 0.323 e. The molecule has 2 amide bonds. The van der Waals surface area contributed by atoms with Crippen molar-refractivity contribution in [2.24, 2.45) is 0 Å². The summed E-state index contributed by atoms with van der Waals surface area (Å²) < 4.78 is 23.2. The van der Waals surface area contributed by atoms with Gasteiger partial charge >= 0.3 is 6.03 Å². The first-order valence-electron chi connectivity index (χ1n) is 14.7. The zero-order valence-electron chi connectivity index (χ0n) is 23.8. The number of anilines is 2. The predicted octanol–water partition coefficient (Wildman–Crippen LogP) is 5.06. The van der Waals surface area contributed by atoms with E-state index in [4.69, 9.17) is 18.9 Å². The van der Waals surface area contributed by atoms with Crippen molar-refractivity contribution in [2.75, 3.05) is 89.5 Å². The molecule has 2 saturated heterocycles. The summed E-state index contributed by atoms with van der Waals surface area (Å²) >= 11 is 0.